The van der Waals surface area contributed by atoms with Gasteiger partial charge in [0.05, 0.1) is 12.6 Å². The van der Waals surface area contributed by atoms with Crippen molar-refractivity contribution in [2.45, 2.75) is 56.3 Å². The van der Waals surface area contributed by atoms with Gasteiger partial charge in [0.2, 0.25) is 17.2 Å². The van der Waals surface area contributed by atoms with Crippen LogP contribution in [0.3, 0.4) is 0 Å². The normalized spacial score (nSPS) is 27.7. The summed E-state index contributed by atoms with van der Waals surface area (Å²) in [7, 11) is 0. The molecule has 3 aromatic heterocycles. The Morgan fingerprint density at radius 3 is 2.49 bits per heavy atom. The van der Waals surface area contributed by atoms with Crippen LogP contribution in [0.15, 0.2) is 37.6 Å². The molecule has 2 saturated heterocycles. The lowest BCUT2D eigenvalue weighted by atomic mass is 10.1. The van der Waals surface area contributed by atoms with E-state index >= 15 is 0 Å². The van der Waals surface area contributed by atoms with Crippen LogP contribution in [0, 0.1) is 6.92 Å². The van der Waals surface area contributed by atoms with Gasteiger partial charge >= 0.3 is 11.4 Å². The second-order valence-electron chi connectivity index (χ2n) is 9.47. The van der Waals surface area contributed by atoms with Crippen molar-refractivity contribution in [2.24, 2.45) is 0 Å². The van der Waals surface area contributed by atoms with Crippen molar-refractivity contribution in [3.05, 3.63) is 71.0 Å². The van der Waals surface area contributed by atoms with Gasteiger partial charge in [-0.3, -0.25) is 28.7 Å². The molecule has 0 bridgehead atoms. The van der Waals surface area contributed by atoms with Gasteiger partial charge in [-0.1, -0.05) is 0 Å². The van der Waals surface area contributed by atoms with E-state index in [0.29, 0.717) is 5.56 Å². The summed E-state index contributed by atoms with van der Waals surface area (Å²) >= 11 is 6.07. The van der Waals surface area contributed by atoms with E-state index in [1.165, 1.54) is 10.8 Å². The third-order valence-corrected chi connectivity index (χ3v) is 6.89. The summed E-state index contributed by atoms with van der Waals surface area (Å²) in [6.07, 6.45) is -3.98. The molecule has 18 nitrogen and oxygen atoms in total. The first kappa shape index (κ1) is 28.6. The number of ether oxygens (including phenoxy) is 2. The topological polar surface area (TPSA) is 252 Å². The van der Waals surface area contributed by atoms with Crippen LogP contribution >= 0.6 is 11.6 Å². The molecular formula is C22H26ClN9O9. The fourth-order valence-corrected chi connectivity index (χ4v) is 4.79. The number of aliphatic hydroxyl groups excluding tert-OH is 3. The predicted molar refractivity (Wildman–Crippen MR) is 140 cm³/mol. The first-order valence-corrected chi connectivity index (χ1v) is 12.7. The highest BCUT2D eigenvalue weighted by Gasteiger charge is 2.44. The van der Waals surface area contributed by atoms with Gasteiger partial charge in [-0.05, 0) is 18.5 Å². The number of aromatic amines is 2. The number of hydrogen-bond donors (Lipinski definition) is 7. The lowest BCUT2D eigenvalue weighted by molar-refractivity contribution is -0.0363. The van der Waals surface area contributed by atoms with Crippen molar-refractivity contribution in [3.8, 4) is 0 Å². The van der Waals surface area contributed by atoms with Crippen LogP contribution in [0.5, 0.6) is 0 Å². The standard InChI is InChI=1S/C22H26ClN9O9/c1-8-6-32(22(39)27-16(8)37)13-4-9(11(7-33)40-13)25-20-29-18(23)28-19(30-20)24-5-10-14(35)15(36)17(41-10)31-3-2-12(34)26-21(31)38/h2-3,6,9-11,13-15,17,33,35-36H,4-5,7H2,1H3,(H,26,34,38)(H,27,37,39)(H2,24,25,28,29,30)/t9-,10+,11+,13+,14+,15+,17+/m0/s1. The SMILES string of the molecule is Cc1cn([C@H]2C[C@H](Nc3nc(Cl)nc(NC[C@H]4O[C@@H](n5ccc(=O)[nH]c5=O)[C@H](O)[C@@H]4O)n3)[C@@H](CO)O2)c(=O)[nH]c1=O. The van der Waals surface area contributed by atoms with Crippen molar-refractivity contribution in [1.29, 1.82) is 0 Å². The molecule has 2 aliphatic rings. The van der Waals surface area contributed by atoms with Crippen LogP contribution in [0.1, 0.15) is 24.4 Å². The summed E-state index contributed by atoms with van der Waals surface area (Å²) in [5.74, 6) is -0.0123. The molecule has 220 valence electrons. The fourth-order valence-electron chi connectivity index (χ4n) is 4.63. The van der Waals surface area contributed by atoms with Gasteiger partial charge in [0.15, 0.2) is 6.23 Å². The van der Waals surface area contributed by atoms with E-state index in [1.807, 2.05) is 0 Å². The minimum absolute atomic E-state index is 0.00999. The second-order valence-corrected chi connectivity index (χ2v) is 9.81. The number of halogens is 1. The second kappa shape index (κ2) is 11.5. The number of aliphatic hydroxyl groups is 3. The van der Waals surface area contributed by atoms with Crippen molar-refractivity contribution in [2.75, 3.05) is 23.8 Å². The van der Waals surface area contributed by atoms with E-state index in [-0.39, 0.29) is 30.1 Å². The number of aryl methyl sites for hydroxylation is 1. The maximum absolute atomic E-state index is 12.3. The molecule has 3 aromatic rings. The minimum Gasteiger partial charge on any atom is -0.394 e. The fraction of sp³-hybridized carbons (Fsp3) is 0.500. The highest BCUT2D eigenvalue weighted by Crippen LogP contribution is 2.30. The zero-order valence-electron chi connectivity index (χ0n) is 21.3. The van der Waals surface area contributed by atoms with E-state index in [2.05, 4.69) is 35.6 Å². The number of anilines is 2. The van der Waals surface area contributed by atoms with Crippen molar-refractivity contribution < 1.29 is 24.8 Å². The van der Waals surface area contributed by atoms with Gasteiger partial charge in [0, 0.05) is 37.0 Å². The smallest absolute Gasteiger partial charge is 0.330 e. The lowest BCUT2D eigenvalue weighted by Gasteiger charge is -2.18. The van der Waals surface area contributed by atoms with E-state index in [9.17, 15) is 34.5 Å². The first-order valence-electron chi connectivity index (χ1n) is 12.4. The molecule has 0 spiro atoms. The molecule has 19 heteroatoms. The largest absolute Gasteiger partial charge is 0.394 e. The van der Waals surface area contributed by atoms with Crippen LogP contribution in [0.4, 0.5) is 11.9 Å². The van der Waals surface area contributed by atoms with Crippen molar-refractivity contribution in [1.82, 2.24) is 34.1 Å². The van der Waals surface area contributed by atoms with E-state index in [0.717, 1.165) is 16.8 Å². The van der Waals surface area contributed by atoms with Gasteiger partial charge in [-0.2, -0.15) is 15.0 Å². The Morgan fingerprint density at radius 1 is 1.02 bits per heavy atom. The Hall–Kier alpha value is -3.94. The summed E-state index contributed by atoms with van der Waals surface area (Å²) in [4.78, 5) is 63.9. The number of H-pyrrole nitrogens is 2. The third-order valence-electron chi connectivity index (χ3n) is 6.72. The molecule has 5 rings (SSSR count). The van der Waals surface area contributed by atoms with Gasteiger partial charge in [0.1, 0.15) is 30.6 Å². The molecule has 2 fully saturated rings. The summed E-state index contributed by atoms with van der Waals surface area (Å²) < 4.78 is 13.6. The van der Waals surface area contributed by atoms with Crippen molar-refractivity contribution in [3.63, 3.8) is 0 Å². The lowest BCUT2D eigenvalue weighted by Crippen LogP contribution is -2.38. The summed E-state index contributed by atoms with van der Waals surface area (Å²) in [6, 6.07) is 0.511. The van der Waals surface area contributed by atoms with Crippen LogP contribution < -0.4 is 33.1 Å². The molecule has 0 radical (unpaired) electrons. The van der Waals surface area contributed by atoms with Crippen LogP contribution in [0.2, 0.25) is 5.28 Å². The molecule has 0 aliphatic carbocycles. The number of aromatic nitrogens is 7. The Labute approximate surface area is 233 Å². The molecular weight excluding hydrogens is 570 g/mol. The van der Waals surface area contributed by atoms with E-state index < -0.39 is 72.0 Å². The third kappa shape index (κ3) is 5.92. The number of nitrogens with zero attached hydrogens (tertiary/aromatic N) is 5. The zero-order chi connectivity index (χ0) is 29.4. The van der Waals surface area contributed by atoms with E-state index in [1.54, 1.807) is 6.92 Å². The quantitative estimate of drug-likeness (QED) is 0.137. The number of rotatable bonds is 8. The number of hydrogen-bond acceptors (Lipinski definition) is 14. The summed E-state index contributed by atoms with van der Waals surface area (Å²) in [6.45, 7) is 1.04. The van der Waals surface area contributed by atoms with Crippen LogP contribution in [-0.2, 0) is 9.47 Å². The molecule has 2 aliphatic heterocycles. The highest BCUT2D eigenvalue weighted by atomic mass is 35.5. The van der Waals surface area contributed by atoms with E-state index in [4.69, 9.17) is 21.1 Å². The van der Waals surface area contributed by atoms with Crippen LogP contribution in [0.25, 0.3) is 0 Å². The molecule has 7 N–H and O–H groups in total. The van der Waals surface area contributed by atoms with Gasteiger partial charge in [-0.15, -0.1) is 0 Å². The Morgan fingerprint density at radius 2 is 1.76 bits per heavy atom. The predicted octanol–water partition coefficient (Wildman–Crippen LogP) is -2.97. The summed E-state index contributed by atoms with van der Waals surface area (Å²) in [5.41, 5.74) is -2.30. The first-order chi connectivity index (χ1) is 19.5. The Kier molecular flexibility index (Phi) is 8.02. The van der Waals surface area contributed by atoms with Crippen molar-refractivity contribution >= 4 is 23.5 Å². The molecule has 0 unspecified atom stereocenters. The molecule has 7 atom stereocenters. The number of nitrogens with one attached hydrogen (secondary N) is 4. The highest BCUT2D eigenvalue weighted by molar-refractivity contribution is 6.28. The Bertz CT molecular complexity index is 1660. The molecule has 0 aromatic carbocycles. The molecule has 41 heavy (non-hydrogen) atoms. The maximum atomic E-state index is 12.3. The molecule has 5 heterocycles. The summed E-state index contributed by atoms with van der Waals surface area (Å²) in [5, 5.41) is 36.4. The average molecular weight is 596 g/mol. The Balaban J connectivity index is 1.26. The monoisotopic (exact) mass is 595 g/mol. The zero-order valence-corrected chi connectivity index (χ0v) is 22.1. The van der Waals surface area contributed by atoms with Gasteiger partial charge < -0.3 is 35.4 Å². The minimum atomic E-state index is -1.48. The average Bonchev–Trinajstić information content (AvgIpc) is 3.44. The molecule has 0 saturated carbocycles. The maximum Gasteiger partial charge on any atom is 0.330 e. The molecule has 0 amide bonds. The van der Waals surface area contributed by atoms with Gasteiger partial charge in [0.25, 0.3) is 11.1 Å². The van der Waals surface area contributed by atoms with Crippen LogP contribution in [-0.4, -0.2) is 93.0 Å². The van der Waals surface area contributed by atoms with Gasteiger partial charge in [-0.25, -0.2) is 9.59 Å².